The van der Waals surface area contributed by atoms with E-state index in [1.165, 1.54) is 12.1 Å². The first-order chi connectivity index (χ1) is 15.4. The van der Waals surface area contributed by atoms with E-state index in [1.54, 1.807) is 30.7 Å². The number of nitrogens with zero attached hydrogens (tertiary/aromatic N) is 2. The summed E-state index contributed by atoms with van der Waals surface area (Å²) in [4.78, 5) is 4.40. The highest BCUT2D eigenvalue weighted by molar-refractivity contribution is 6.30. The lowest BCUT2D eigenvalue weighted by atomic mass is 10.0. The molecule has 0 saturated carbocycles. The Balaban J connectivity index is 1.87. The van der Waals surface area contributed by atoms with Crippen LogP contribution in [0.3, 0.4) is 0 Å². The maximum Gasteiger partial charge on any atom is 0.417 e. The molecule has 0 fully saturated rings. The van der Waals surface area contributed by atoms with Crippen molar-refractivity contribution in [2.45, 2.75) is 32.5 Å². The molecule has 0 atom stereocenters. The van der Waals surface area contributed by atoms with Crippen molar-refractivity contribution < 1.29 is 18.3 Å². The summed E-state index contributed by atoms with van der Waals surface area (Å²) in [5.74, 6) is 0.103. The van der Waals surface area contributed by atoms with Gasteiger partial charge in [0.15, 0.2) is 0 Å². The first kappa shape index (κ1) is 23.1. The predicted octanol–water partition coefficient (Wildman–Crippen LogP) is 7.41. The Morgan fingerprint density at radius 2 is 1.58 bits per heavy atom. The Morgan fingerprint density at radius 3 is 2.21 bits per heavy atom. The van der Waals surface area contributed by atoms with E-state index in [2.05, 4.69) is 4.98 Å². The zero-order valence-corrected chi connectivity index (χ0v) is 19.0. The predicted molar refractivity (Wildman–Crippen MR) is 124 cm³/mol. The van der Waals surface area contributed by atoms with Crippen LogP contribution in [-0.2, 0) is 11.8 Å². The lowest BCUT2D eigenvalue weighted by molar-refractivity contribution is -0.137. The summed E-state index contributed by atoms with van der Waals surface area (Å²) in [5, 5.41) is 11.1. The summed E-state index contributed by atoms with van der Waals surface area (Å²) in [6.45, 7) is 5.07. The van der Waals surface area contributed by atoms with Gasteiger partial charge >= 0.3 is 6.18 Å². The minimum Gasteiger partial charge on any atom is -0.384 e. The van der Waals surface area contributed by atoms with E-state index in [-0.39, 0.29) is 17.1 Å². The van der Waals surface area contributed by atoms with Crippen LogP contribution < -0.4 is 0 Å². The molecule has 0 bridgehead atoms. The minimum absolute atomic E-state index is 0.0599. The fourth-order valence-corrected chi connectivity index (χ4v) is 3.87. The smallest absolute Gasteiger partial charge is 0.384 e. The summed E-state index contributed by atoms with van der Waals surface area (Å²) in [7, 11) is 0. The normalized spacial score (nSPS) is 12.2. The van der Waals surface area contributed by atoms with Gasteiger partial charge in [0.25, 0.3) is 0 Å². The van der Waals surface area contributed by atoms with Crippen molar-refractivity contribution in [1.82, 2.24) is 9.55 Å². The van der Waals surface area contributed by atoms with Gasteiger partial charge in [0.1, 0.15) is 11.4 Å². The number of aromatic nitrogens is 2. The van der Waals surface area contributed by atoms with Crippen LogP contribution >= 0.6 is 11.6 Å². The van der Waals surface area contributed by atoms with Gasteiger partial charge in [-0.15, -0.1) is 0 Å². The lowest BCUT2D eigenvalue weighted by Gasteiger charge is -2.14. The van der Waals surface area contributed by atoms with Crippen molar-refractivity contribution in [3.05, 3.63) is 94.8 Å². The molecule has 4 rings (SSSR count). The van der Waals surface area contributed by atoms with Crippen LogP contribution in [0.15, 0.2) is 72.9 Å². The highest BCUT2D eigenvalue weighted by Crippen LogP contribution is 2.38. The van der Waals surface area contributed by atoms with Gasteiger partial charge in [0.05, 0.1) is 11.3 Å². The van der Waals surface area contributed by atoms with Gasteiger partial charge in [-0.25, -0.2) is 4.98 Å². The molecule has 1 aromatic heterocycles. The zero-order valence-electron chi connectivity index (χ0n) is 18.3. The van der Waals surface area contributed by atoms with Crippen molar-refractivity contribution in [2.24, 2.45) is 0 Å². The summed E-state index contributed by atoms with van der Waals surface area (Å²) in [6, 6.07) is 18.3. The number of imidazole rings is 1. The van der Waals surface area contributed by atoms with Crippen molar-refractivity contribution >= 4 is 11.6 Å². The molecular formula is C26H22ClF3N2O. The number of hydrogen-bond donors (Lipinski definition) is 1. The third kappa shape index (κ3) is 4.68. The number of rotatable bonds is 4. The maximum atomic E-state index is 13.7. The summed E-state index contributed by atoms with van der Waals surface area (Å²) in [6.07, 6.45) is -2.97. The topological polar surface area (TPSA) is 38.0 Å². The molecule has 3 aromatic carbocycles. The van der Waals surface area contributed by atoms with Crippen LogP contribution in [0, 0.1) is 6.92 Å². The van der Waals surface area contributed by atoms with E-state index in [0.29, 0.717) is 10.7 Å². The van der Waals surface area contributed by atoms with Gasteiger partial charge in [0.2, 0.25) is 0 Å². The van der Waals surface area contributed by atoms with E-state index in [4.69, 9.17) is 11.6 Å². The fourth-order valence-electron chi connectivity index (χ4n) is 3.69. The van der Waals surface area contributed by atoms with Gasteiger partial charge in [-0.3, -0.25) is 4.57 Å². The second-order valence-electron chi connectivity index (χ2n) is 8.43. The number of alkyl halides is 3. The maximum absolute atomic E-state index is 13.7. The van der Waals surface area contributed by atoms with E-state index in [9.17, 15) is 18.3 Å². The minimum atomic E-state index is -4.55. The zero-order chi connectivity index (χ0) is 24.0. The summed E-state index contributed by atoms with van der Waals surface area (Å²) in [5.41, 5.74) is 1.67. The standard InChI is InChI=1S/C26H22ClF3N2O/c1-16-8-11-18(27)14-21(16)17-9-12-19(13-10-17)32-15-23(25(2,3)33)31-24(32)20-6-4-5-7-22(20)26(28,29)30/h4-15,33H,1-3H3. The number of hydrogen-bond acceptors (Lipinski definition) is 2. The van der Waals surface area contributed by atoms with Crippen LogP contribution in [0.4, 0.5) is 13.2 Å². The Morgan fingerprint density at radius 1 is 0.909 bits per heavy atom. The molecule has 0 amide bonds. The highest BCUT2D eigenvalue weighted by atomic mass is 35.5. The molecule has 0 aliphatic carbocycles. The number of benzene rings is 3. The van der Waals surface area contributed by atoms with Gasteiger partial charge in [-0.05, 0) is 67.8 Å². The second kappa shape index (κ2) is 8.36. The van der Waals surface area contributed by atoms with Crippen LogP contribution in [0.5, 0.6) is 0 Å². The molecule has 0 spiro atoms. The molecule has 170 valence electrons. The second-order valence-corrected chi connectivity index (χ2v) is 8.86. The quantitative estimate of drug-likeness (QED) is 0.337. The largest absolute Gasteiger partial charge is 0.417 e. The van der Waals surface area contributed by atoms with Crippen LogP contribution in [0.1, 0.15) is 30.7 Å². The molecule has 0 unspecified atom stereocenters. The van der Waals surface area contributed by atoms with Gasteiger partial charge in [0, 0.05) is 22.5 Å². The number of aliphatic hydroxyl groups is 1. The molecule has 7 heteroatoms. The molecule has 0 radical (unpaired) electrons. The molecule has 1 heterocycles. The molecule has 0 aliphatic heterocycles. The third-order valence-electron chi connectivity index (χ3n) is 5.46. The lowest BCUT2D eigenvalue weighted by Crippen LogP contribution is -2.15. The van der Waals surface area contributed by atoms with Crippen LogP contribution in [-0.4, -0.2) is 14.7 Å². The third-order valence-corrected chi connectivity index (χ3v) is 5.70. The average Bonchev–Trinajstić information content (AvgIpc) is 3.21. The van der Waals surface area contributed by atoms with E-state index < -0.39 is 17.3 Å². The highest BCUT2D eigenvalue weighted by Gasteiger charge is 2.35. The van der Waals surface area contributed by atoms with E-state index >= 15 is 0 Å². The molecule has 0 saturated heterocycles. The average molecular weight is 471 g/mol. The Hall–Kier alpha value is -3.09. The SMILES string of the molecule is Cc1ccc(Cl)cc1-c1ccc(-n2cc(C(C)(C)O)nc2-c2ccccc2C(F)(F)F)cc1. The molecule has 3 nitrogen and oxygen atoms in total. The van der Waals surface area contributed by atoms with Crippen LogP contribution in [0.2, 0.25) is 5.02 Å². The van der Waals surface area contributed by atoms with Gasteiger partial charge in [-0.1, -0.05) is 48.0 Å². The monoisotopic (exact) mass is 470 g/mol. The van der Waals surface area contributed by atoms with Crippen molar-refractivity contribution in [3.8, 4) is 28.2 Å². The van der Waals surface area contributed by atoms with Gasteiger partial charge in [-0.2, -0.15) is 13.2 Å². The van der Waals surface area contributed by atoms with Crippen molar-refractivity contribution in [3.63, 3.8) is 0 Å². The van der Waals surface area contributed by atoms with Gasteiger partial charge < -0.3 is 5.11 Å². The van der Waals surface area contributed by atoms with Crippen molar-refractivity contribution in [1.29, 1.82) is 0 Å². The fraction of sp³-hybridized carbons (Fsp3) is 0.192. The van der Waals surface area contributed by atoms with E-state index in [0.717, 1.165) is 22.8 Å². The Kier molecular flexibility index (Phi) is 5.85. The number of aryl methyl sites for hydroxylation is 1. The van der Waals surface area contributed by atoms with Crippen molar-refractivity contribution in [2.75, 3.05) is 0 Å². The first-order valence-electron chi connectivity index (χ1n) is 10.3. The van der Waals surface area contributed by atoms with E-state index in [1.807, 2.05) is 49.4 Å². The molecule has 0 aliphatic rings. The molecule has 1 N–H and O–H groups in total. The summed E-state index contributed by atoms with van der Waals surface area (Å²) >= 11 is 6.15. The number of halogens is 4. The Bertz CT molecular complexity index is 1300. The molecule has 4 aromatic rings. The first-order valence-corrected chi connectivity index (χ1v) is 10.7. The van der Waals surface area contributed by atoms with Crippen LogP contribution in [0.25, 0.3) is 28.2 Å². The summed E-state index contributed by atoms with van der Waals surface area (Å²) < 4.78 is 42.7. The Labute approximate surface area is 195 Å². The molecular weight excluding hydrogens is 449 g/mol. The molecule has 33 heavy (non-hydrogen) atoms.